The number of carbonyl (C=O) groups is 1. The van der Waals surface area contributed by atoms with Crippen molar-refractivity contribution in [1.82, 2.24) is 0 Å². The molecule has 0 bridgehead atoms. The molecule has 0 aliphatic rings. The van der Waals surface area contributed by atoms with E-state index in [0.717, 1.165) is 0 Å². The first-order valence-electron chi connectivity index (χ1n) is 5.90. The van der Waals surface area contributed by atoms with Gasteiger partial charge in [-0.1, -0.05) is 0 Å². The molecule has 1 aromatic carbocycles. The van der Waals surface area contributed by atoms with Crippen molar-refractivity contribution >= 4 is 22.1 Å². The van der Waals surface area contributed by atoms with Crippen LogP contribution in [0.25, 0.3) is 0 Å². The number of hydrogen-bond donors (Lipinski definition) is 2. The zero-order valence-corrected chi connectivity index (χ0v) is 13.0. The number of carbonyl (C=O) groups excluding carboxylic acids is 1. The van der Waals surface area contributed by atoms with Gasteiger partial charge < -0.3 is 13.7 Å². The van der Waals surface area contributed by atoms with E-state index in [0.29, 0.717) is 5.75 Å². The SMILES string of the molecule is COc1ccc(OS(N)(=O)=O)c(NC(=O)OC(C)(C)C)c1. The summed E-state index contributed by atoms with van der Waals surface area (Å²) in [7, 11) is -2.80. The van der Waals surface area contributed by atoms with E-state index in [9.17, 15) is 13.2 Å². The number of nitrogens with two attached hydrogens (primary N) is 1. The van der Waals surface area contributed by atoms with Gasteiger partial charge in [-0.25, -0.2) is 4.79 Å². The molecule has 0 heterocycles. The standard InChI is InChI=1S/C12H18N2O6S/c1-12(2,3)19-11(15)14-9-7-8(18-4)5-6-10(9)20-21(13,16)17/h5-7H,1-4H3,(H,14,15)(H2,13,16,17). The molecular weight excluding hydrogens is 300 g/mol. The van der Waals surface area contributed by atoms with Crippen molar-refractivity contribution in [3.8, 4) is 11.5 Å². The summed E-state index contributed by atoms with van der Waals surface area (Å²) in [5, 5.41) is 7.19. The predicted molar refractivity (Wildman–Crippen MR) is 76.6 cm³/mol. The van der Waals surface area contributed by atoms with Crippen LogP contribution in [0.2, 0.25) is 0 Å². The summed E-state index contributed by atoms with van der Waals surface area (Å²) in [6.07, 6.45) is -0.768. The van der Waals surface area contributed by atoms with Crippen molar-refractivity contribution in [3.63, 3.8) is 0 Å². The quantitative estimate of drug-likeness (QED) is 0.871. The average molecular weight is 318 g/mol. The van der Waals surface area contributed by atoms with Crippen LogP contribution in [0.4, 0.5) is 10.5 Å². The predicted octanol–water partition coefficient (Wildman–Crippen LogP) is 1.62. The molecule has 9 heteroatoms. The summed E-state index contributed by atoms with van der Waals surface area (Å²) in [6.45, 7) is 5.08. The monoisotopic (exact) mass is 318 g/mol. The van der Waals surface area contributed by atoms with E-state index in [1.165, 1.54) is 25.3 Å². The summed E-state index contributed by atoms with van der Waals surface area (Å²) in [6, 6.07) is 4.14. The molecule has 1 aromatic rings. The second-order valence-electron chi connectivity index (χ2n) is 5.07. The molecule has 0 aliphatic carbocycles. The molecule has 1 amide bonds. The van der Waals surface area contributed by atoms with E-state index >= 15 is 0 Å². The van der Waals surface area contributed by atoms with Crippen LogP contribution in [-0.2, 0) is 15.0 Å². The van der Waals surface area contributed by atoms with Crippen molar-refractivity contribution in [1.29, 1.82) is 0 Å². The maximum absolute atomic E-state index is 11.7. The van der Waals surface area contributed by atoms with Gasteiger partial charge in [-0.15, -0.1) is 0 Å². The lowest BCUT2D eigenvalue weighted by atomic mass is 10.2. The smallest absolute Gasteiger partial charge is 0.412 e. The molecule has 118 valence electrons. The zero-order chi connectivity index (χ0) is 16.3. The van der Waals surface area contributed by atoms with Gasteiger partial charge in [0.2, 0.25) is 0 Å². The van der Waals surface area contributed by atoms with Crippen LogP contribution in [0, 0.1) is 0 Å². The van der Waals surface area contributed by atoms with Gasteiger partial charge in [-0.3, -0.25) is 5.32 Å². The third kappa shape index (κ3) is 6.32. The number of anilines is 1. The third-order valence-electron chi connectivity index (χ3n) is 2.03. The van der Waals surface area contributed by atoms with Crippen LogP contribution in [0.3, 0.4) is 0 Å². The van der Waals surface area contributed by atoms with Gasteiger partial charge in [0.05, 0.1) is 12.8 Å². The highest BCUT2D eigenvalue weighted by molar-refractivity contribution is 7.84. The van der Waals surface area contributed by atoms with Gasteiger partial charge in [0.15, 0.2) is 5.75 Å². The minimum absolute atomic E-state index is 0.0534. The van der Waals surface area contributed by atoms with Crippen molar-refractivity contribution in [3.05, 3.63) is 18.2 Å². The summed E-state index contributed by atoms with van der Waals surface area (Å²) in [4.78, 5) is 11.7. The molecule has 0 saturated heterocycles. The fourth-order valence-electron chi connectivity index (χ4n) is 1.35. The summed E-state index contributed by atoms with van der Waals surface area (Å²) >= 11 is 0. The van der Waals surface area contributed by atoms with Crippen LogP contribution < -0.4 is 19.4 Å². The third-order valence-corrected chi connectivity index (χ3v) is 2.44. The van der Waals surface area contributed by atoms with Crippen LogP contribution in [0.15, 0.2) is 18.2 Å². The molecule has 0 fully saturated rings. The minimum atomic E-state index is -4.22. The highest BCUT2D eigenvalue weighted by atomic mass is 32.2. The molecule has 0 saturated carbocycles. The van der Waals surface area contributed by atoms with Crippen molar-refractivity contribution in [2.45, 2.75) is 26.4 Å². The van der Waals surface area contributed by atoms with Gasteiger partial charge in [-0.2, -0.15) is 13.6 Å². The Balaban J connectivity index is 3.04. The minimum Gasteiger partial charge on any atom is -0.497 e. The van der Waals surface area contributed by atoms with E-state index in [1.54, 1.807) is 20.8 Å². The highest BCUT2D eigenvalue weighted by Gasteiger charge is 2.19. The van der Waals surface area contributed by atoms with E-state index in [1.807, 2.05) is 0 Å². The average Bonchev–Trinajstić information content (AvgIpc) is 2.27. The Morgan fingerprint density at radius 1 is 1.29 bits per heavy atom. The number of hydrogen-bond acceptors (Lipinski definition) is 6. The molecule has 0 radical (unpaired) electrons. The summed E-state index contributed by atoms with van der Waals surface area (Å²) in [5.41, 5.74) is -0.651. The molecule has 0 spiro atoms. The molecule has 3 N–H and O–H groups in total. The van der Waals surface area contributed by atoms with Crippen LogP contribution >= 0.6 is 0 Å². The largest absolute Gasteiger partial charge is 0.497 e. The Morgan fingerprint density at radius 2 is 1.90 bits per heavy atom. The topological polar surface area (TPSA) is 117 Å². The maximum atomic E-state index is 11.7. The first-order valence-corrected chi connectivity index (χ1v) is 7.37. The van der Waals surface area contributed by atoms with E-state index in [-0.39, 0.29) is 11.4 Å². The highest BCUT2D eigenvalue weighted by Crippen LogP contribution is 2.30. The van der Waals surface area contributed by atoms with Gasteiger partial charge in [0, 0.05) is 6.07 Å². The van der Waals surface area contributed by atoms with Crippen molar-refractivity contribution in [2.24, 2.45) is 5.14 Å². The molecule has 0 unspecified atom stereocenters. The van der Waals surface area contributed by atoms with Crippen molar-refractivity contribution in [2.75, 3.05) is 12.4 Å². The van der Waals surface area contributed by atoms with Crippen LogP contribution in [0.1, 0.15) is 20.8 Å². The van der Waals surface area contributed by atoms with Crippen LogP contribution in [-0.4, -0.2) is 27.2 Å². The molecule has 1 rings (SSSR count). The lowest BCUT2D eigenvalue weighted by Crippen LogP contribution is -2.27. The lowest BCUT2D eigenvalue weighted by Gasteiger charge is -2.20. The summed E-state index contributed by atoms with van der Waals surface area (Å²) in [5.74, 6) is 0.243. The number of benzene rings is 1. The van der Waals surface area contributed by atoms with E-state index in [2.05, 4.69) is 9.50 Å². The fourth-order valence-corrected chi connectivity index (χ4v) is 1.74. The second-order valence-corrected chi connectivity index (χ2v) is 6.22. The van der Waals surface area contributed by atoms with Crippen LogP contribution in [0.5, 0.6) is 11.5 Å². The molecule has 8 nitrogen and oxygen atoms in total. The number of ether oxygens (including phenoxy) is 2. The number of nitrogens with one attached hydrogen (secondary N) is 1. The van der Waals surface area contributed by atoms with Gasteiger partial charge in [0.25, 0.3) is 0 Å². The van der Waals surface area contributed by atoms with Gasteiger partial charge in [0.1, 0.15) is 11.4 Å². The number of rotatable bonds is 4. The van der Waals surface area contributed by atoms with E-state index < -0.39 is 22.0 Å². The lowest BCUT2D eigenvalue weighted by molar-refractivity contribution is 0.0635. The fraction of sp³-hybridized carbons (Fsp3) is 0.417. The Bertz CT molecular complexity index is 621. The first kappa shape index (κ1) is 17.1. The summed E-state index contributed by atoms with van der Waals surface area (Å²) < 4.78 is 36.7. The molecule has 21 heavy (non-hydrogen) atoms. The zero-order valence-electron chi connectivity index (χ0n) is 12.2. The normalized spacial score (nSPS) is 11.7. The molecular formula is C12H18N2O6S. The Kier molecular flexibility index (Phi) is 5.02. The number of amides is 1. The molecule has 0 aliphatic heterocycles. The number of methoxy groups -OCH3 is 1. The van der Waals surface area contributed by atoms with E-state index in [4.69, 9.17) is 14.6 Å². The Labute approximate surface area is 123 Å². The van der Waals surface area contributed by atoms with Crippen molar-refractivity contribution < 1.29 is 26.9 Å². The maximum Gasteiger partial charge on any atom is 0.412 e. The molecule has 0 atom stereocenters. The second kappa shape index (κ2) is 6.19. The first-order chi connectivity index (χ1) is 9.50. The Hall–Kier alpha value is -2.00. The van der Waals surface area contributed by atoms with Gasteiger partial charge in [-0.05, 0) is 32.9 Å². The molecule has 0 aromatic heterocycles. The Morgan fingerprint density at radius 3 is 2.38 bits per heavy atom. The van der Waals surface area contributed by atoms with Gasteiger partial charge >= 0.3 is 16.4 Å².